The van der Waals surface area contributed by atoms with Crippen molar-refractivity contribution in [2.45, 2.75) is 26.8 Å². The minimum Gasteiger partial charge on any atom is -0.452 e. The number of nitrogens with one attached hydrogen (secondary N) is 1. The lowest BCUT2D eigenvalue weighted by Gasteiger charge is -2.27. The zero-order valence-corrected chi connectivity index (χ0v) is 16.5. The minimum absolute atomic E-state index is 0.0298. The number of nitrogen functional groups attached to an aromatic ring is 1. The Morgan fingerprint density at radius 3 is 2.41 bits per heavy atom. The minimum atomic E-state index is -0.910. The molecule has 2 aromatic rings. The topological polar surface area (TPSA) is 128 Å². The van der Waals surface area contributed by atoms with Crippen LogP contribution in [0.5, 0.6) is 0 Å². The molecule has 29 heavy (non-hydrogen) atoms. The zero-order valence-electron chi connectivity index (χ0n) is 16.5. The fourth-order valence-corrected chi connectivity index (χ4v) is 2.82. The Morgan fingerprint density at radius 2 is 1.86 bits per heavy atom. The first-order chi connectivity index (χ1) is 13.7. The van der Waals surface area contributed by atoms with E-state index in [1.807, 2.05) is 12.1 Å². The average Bonchev–Trinajstić information content (AvgIpc) is 2.68. The number of nitrogens with two attached hydrogens (primary N) is 1. The smallest absolute Gasteiger partial charge is 0.341 e. The second kappa shape index (κ2) is 9.54. The van der Waals surface area contributed by atoms with E-state index in [-0.39, 0.29) is 16.9 Å². The van der Waals surface area contributed by atoms with Crippen molar-refractivity contribution in [1.29, 1.82) is 0 Å². The summed E-state index contributed by atoms with van der Waals surface area (Å²) in [5.74, 6) is -1.45. The molecule has 0 aliphatic heterocycles. The molecule has 9 heteroatoms. The van der Waals surface area contributed by atoms with Crippen LogP contribution in [0.1, 0.15) is 31.1 Å². The lowest BCUT2D eigenvalue weighted by Crippen LogP contribution is -2.30. The average molecular weight is 400 g/mol. The van der Waals surface area contributed by atoms with Crippen LogP contribution in [0.2, 0.25) is 0 Å². The molecule has 0 saturated heterocycles. The molecule has 0 saturated carbocycles. The van der Waals surface area contributed by atoms with E-state index in [0.717, 1.165) is 18.3 Å². The first kappa shape index (κ1) is 21.7. The molecule has 2 aromatic carbocycles. The van der Waals surface area contributed by atoms with Crippen molar-refractivity contribution in [3.63, 3.8) is 0 Å². The predicted molar refractivity (Wildman–Crippen MR) is 111 cm³/mol. The van der Waals surface area contributed by atoms with Crippen molar-refractivity contribution < 1.29 is 19.2 Å². The number of nitro groups is 1. The Hall–Kier alpha value is -3.62. The van der Waals surface area contributed by atoms with Gasteiger partial charge in [0, 0.05) is 41.8 Å². The maximum Gasteiger partial charge on any atom is 0.341 e. The van der Waals surface area contributed by atoms with Gasteiger partial charge in [0.15, 0.2) is 6.61 Å². The maximum absolute atomic E-state index is 12.1. The number of ether oxygens (including phenoxy) is 1. The van der Waals surface area contributed by atoms with Gasteiger partial charge in [0.1, 0.15) is 0 Å². The molecule has 0 unspecified atom stereocenters. The number of hydrogen-bond donors (Lipinski definition) is 2. The van der Waals surface area contributed by atoms with Gasteiger partial charge < -0.3 is 20.7 Å². The summed E-state index contributed by atoms with van der Waals surface area (Å²) in [7, 11) is 0. The lowest BCUT2D eigenvalue weighted by atomic mass is 10.1. The number of carbonyl (C=O) groups is 2. The quantitative estimate of drug-likeness (QED) is 0.301. The summed E-state index contributed by atoms with van der Waals surface area (Å²) in [6, 6.07) is 11.1. The molecule has 0 spiro atoms. The van der Waals surface area contributed by atoms with Crippen LogP contribution in [0.25, 0.3) is 0 Å². The second-order valence-corrected chi connectivity index (χ2v) is 6.58. The number of nitro benzene ring substituents is 1. The summed E-state index contributed by atoms with van der Waals surface area (Å²) >= 11 is 0. The van der Waals surface area contributed by atoms with Crippen LogP contribution < -0.4 is 16.0 Å². The number of anilines is 3. The van der Waals surface area contributed by atoms with Gasteiger partial charge >= 0.3 is 5.97 Å². The predicted octanol–water partition coefficient (Wildman–Crippen LogP) is 3.21. The highest BCUT2D eigenvalue weighted by Crippen LogP contribution is 2.21. The Balaban J connectivity index is 1.95. The third-order valence-electron chi connectivity index (χ3n) is 4.25. The summed E-state index contributed by atoms with van der Waals surface area (Å²) < 4.78 is 4.93. The molecule has 0 bridgehead atoms. The molecule has 0 aliphatic carbocycles. The summed E-state index contributed by atoms with van der Waals surface area (Å²) in [5, 5.41) is 13.5. The highest BCUT2D eigenvalue weighted by atomic mass is 16.6. The summed E-state index contributed by atoms with van der Waals surface area (Å²) in [5.41, 5.74) is 6.83. The number of esters is 1. The van der Waals surface area contributed by atoms with Crippen molar-refractivity contribution in [1.82, 2.24) is 0 Å². The number of hydrogen-bond acceptors (Lipinski definition) is 7. The molecule has 3 N–H and O–H groups in total. The molecule has 0 heterocycles. The summed E-state index contributed by atoms with van der Waals surface area (Å²) in [4.78, 5) is 36.5. The Kier molecular flexibility index (Phi) is 7.13. The van der Waals surface area contributed by atoms with E-state index in [2.05, 4.69) is 31.0 Å². The highest BCUT2D eigenvalue weighted by Gasteiger charge is 2.18. The molecule has 0 atom stereocenters. The molecule has 2 rings (SSSR count). The van der Waals surface area contributed by atoms with Crippen molar-refractivity contribution in [3.8, 4) is 0 Å². The highest BCUT2D eigenvalue weighted by molar-refractivity contribution is 5.98. The summed E-state index contributed by atoms with van der Waals surface area (Å²) in [6.45, 7) is 6.58. The van der Waals surface area contributed by atoms with Crippen LogP contribution >= 0.6 is 0 Å². The number of non-ortho nitro benzene ring substituents is 1. The first-order valence-electron chi connectivity index (χ1n) is 9.10. The number of nitrogens with zero attached hydrogens (tertiary/aromatic N) is 2. The van der Waals surface area contributed by atoms with Crippen molar-refractivity contribution in [2.24, 2.45) is 0 Å². The summed E-state index contributed by atoms with van der Waals surface area (Å²) in [6.07, 6.45) is 0. The van der Waals surface area contributed by atoms with E-state index in [4.69, 9.17) is 10.5 Å². The maximum atomic E-state index is 12.1. The van der Waals surface area contributed by atoms with Crippen LogP contribution in [0, 0.1) is 10.1 Å². The largest absolute Gasteiger partial charge is 0.452 e. The molecular weight excluding hydrogens is 376 g/mol. The lowest BCUT2D eigenvalue weighted by molar-refractivity contribution is -0.384. The fraction of sp³-hybridized carbons (Fsp3) is 0.300. The monoisotopic (exact) mass is 400 g/mol. The molecule has 9 nitrogen and oxygen atoms in total. The number of amides is 1. The van der Waals surface area contributed by atoms with Gasteiger partial charge in [-0.25, -0.2) is 4.79 Å². The Morgan fingerprint density at radius 1 is 1.21 bits per heavy atom. The molecule has 0 fully saturated rings. The second-order valence-electron chi connectivity index (χ2n) is 6.58. The third kappa shape index (κ3) is 5.68. The van der Waals surface area contributed by atoms with Crippen LogP contribution in [-0.2, 0) is 9.53 Å². The molecular formula is C20H24N4O5. The zero-order chi connectivity index (χ0) is 21.6. The van der Waals surface area contributed by atoms with Gasteiger partial charge in [-0.1, -0.05) is 0 Å². The van der Waals surface area contributed by atoms with Crippen molar-refractivity contribution in [2.75, 3.05) is 29.1 Å². The molecule has 0 aromatic heterocycles. The van der Waals surface area contributed by atoms with Crippen LogP contribution in [0.4, 0.5) is 22.7 Å². The number of rotatable bonds is 8. The van der Waals surface area contributed by atoms with E-state index in [9.17, 15) is 19.7 Å². The number of benzene rings is 2. The SMILES string of the molecule is CCN(c1ccc(NC(=O)COC(=O)c2cc([N+](=O)[O-])ccc2N)cc1)C(C)C. The van der Waals surface area contributed by atoms with E-state index in [0.29, 0.717) is 11.7 Å². The Labute approximate surface area is 168 Å². The molecule has 0 radical (unpaired) electrons. The normalized spacial score (nSPS) is 10.5. The standard InChI is InChI=1S/C20H24N4O5/c1-4-23(13(2)3)15-7-5-14(6-8-15)22-19(25)12-29-20(26)17-11-16(24(27)28)9-10-18(17)21/h5-11,13H,4,12,21H2,1-3H3,(H,22,25). The van der Waals surface area contributed by atoms with Gasteiger partial charge in [-0.05, 0) is 51.1 Å². The van der Waals surface area contributed by atoms with E-state index in [1.54, 1.807) is 12.1 Å². The van der Waals surface area contributed by atoms with Crippen LogP contribution in [-0.4, -0.2) is 36.0 Å². The first-order valence-corrected chi connectivity index (χ1v) is 9.10. The third-order valence-corrected chi connectivity index (χ3v) is 4.25. The van der Waals surface area contributed by atoms with Gasteiger partial charge in [0.25, 0.3) is 11.6 Å². The van der Waals surface area contributed by atoms with Gasteiger partial charge in [-0.3, -0.25) is 14.9 Å². The van der Waals surface area contributed by atoms with E-state index in [1.165, 1.54) is 12.1 Å². The number of carbonyl (C=O) groups excluding carboxylic acids is 2. The fourth-order valence-electron chi connectivity index (χ4n) is 2.82. The van der Waals surface area contributed by atoms with Gasteiger partial charge in [0.2, 0.25) is 0 Å². The molecule has 1 amide bonds. The molecule has 154 valence electrons. The van der Waals surface area contributed by atoms with E-state index >= 15 is 0 Å². The van der Waals surface area contributed by atoms with Crippen LogP contribution in [0.3, 0.4) is 0 Å². The Bertz CT molecular complexity index is 896. The van der Waals surface area contributed by atoms with Gasteiger partial charge in [-0.2, -0.15) is 0 Å². The van der Waals surface area contributed by atoms with Crippen LogP contribution in [0.15, 0.2) is 42.5 Å². The van der Waals surface area contributed by atoms with Gasteiger partial charge in [-0.15, -0.1) is 0 Å². The van der Waals surface area contributed by atoms with Crippen molar-refractivity contribution in [3.05, 3.63) is 58.1 Å². The van der Waals surface area contributed by atoms with Crippen molar-refractivity contribution >= 4 is 34.6 Å². The van der Waals surface area contributed by atoms with E-state index < -0.39 is 23.4 Å². The molecule has 0 aliphatic rings. The van der Waals surface area contributed by atoms with Gasteiger partial charge in [0.05, 0.1) is 10.5 Å².